The third-order valence-corrected chi connectivity index (χ3v) is 4.86. The largest absolute Gasteiger partial charge is 0.486 e. The second-order valence-corrected chi connectivity index (χ2v) is 7.47. The molecule has 0 bridgehead atoms. The van der Waals surface area contributed by atoms with Gasteiger partial charge in [-0.05, 0) is 54.6 Å². The topological polar surface area (TPSA) is 101 Å². The second kappa shape index (κ2) is 10.9. The zero-order chi connectivity index (χ0) is 23.8. The minimum absolute atomic E-state index is 0.280. The van der Waals surface area contributed by atoms with Crippen molar-refractivity contribution in [3.05, 3.63) is 103 Å². The summed E-state index contributed by atoms with van der Waals surface area (Å²) in [6, 6.07) is 20.1. The molecule has 34 heavy (non-hydrogen) atoms. The number of rotatable bonds is 9. The van der Waals surface area contributed by atoms with E-state index >= 15 is 0 Å². The number of benzene rings is 2. The predicted octanol–water partition coefficient (Wildman–Crippen LogP) is 5.72. The molecular formula is C25H21ClN6O2. The van der Waals surface area contributed by atoms with Crippen molar-refractivity contribution in [3.63, 3.8) is 0 Å². The van der Waals surface area contributed by atoms with Crippen molar-refractivity contribution in [2.75, 3.05) is 16.0 Å². The molecule has 3 N–H and O–H groups in total. The van der Waals surface area contributed by atoms with Gasteiger partial charge in [0.2, 0.25) is 5.91 Å². The molecule has 0 aliphatic rings. The van der Waals surface area contributed by atoms with Crippen LogP contribution in [0.25, 0.3) is 0 Å². The molecule has 0 atom stereocenters. The Morgan fingerprint density at radius 2 is 1.68 bits per heavy atom. The molecule has 0 aliphatic heterocycles. The Bertz CT molecular complexity index is 1300. The van der Waals surface area contributed by atoms with Crippen LogP contribution in [0.4, 0.5) is 28.7 Å². The number of halogens is 1. The fourth-order valence-corrected chi connectivity index (χ4v) is 3.22. The van der Waals surface area contributed by atoms with Crippen molar-refractivity contribution in [3.8, 4) is 5.75 Å². The smallest absolute Gasteiger partial charge is 0.247 e. The Kier molecular flexibility index (Phi) is 7.32. The Morgan fingerprint density at radius 1 is 0.912 bits per heavy atom. The van der Waals surface area contributed by atoms with Gasteiger partial charge in [-0.2, -0.15) is 0 Å². The predicted molar refractivity (Wildman–Crippen MR) is 134 cm³/mol. The highest BCUT2D eigenvalue weighted by Gasteiger charge is 2.07. The Labute approximate surface area is 201 Å². The van der Waals surface area contributed by atoms with Crippen LogP contribution in [0.3, 0.4) is 0 Å². The highest BCUT2D eigenvalue weighted by Crippen LogP contribution is 2.30. The molecule has 4 aromatic rings. The molecule has 0 fully saturated rings. The van der Waals surface area contributed by atoms with Crippen LogP contribution in [-0.4, -0.2) is 20.9 Å². The van der Waals surface area contributed by atoms with Gasteiger partial charge in [-0.1, -0.05) is 30.3 Å². The molecule has 2 aromatic heterocycles. The van der Waals surface area contributed by atoms with Gasteiger partial charge in [0, 0.05) is 29.3 Å². The molecule has 0 spiro atoms. The third-order valence-electron chi connectivity index (χ3n) is 4.56. The van der Waals surface area contributed by atoms with Gasteiger partial charge < -0.3 is 20.7 Å². The Morgan fingerprint density at radius 3 is 2.38 bits per heavy atom. The maximum absolute atomic E-state index is 11.5. The summed E-state index contributed by atoms with van der Waals surface area (Å²) in [6.45, 7) is 3.78. The fourth-order valence-electron chi connectivity index (χ4n) is 2.99. The molecule has 0 unspecified atom stereocenters. The lowest BCUT2D eigenvalue weighted by Crippen LogP contribution is -2.07. The number of ether oxygens (including phenoxy) is 1. The molecule has 170 valence electrons. The number of anilines is 5. The highest BCUT2D eigenvalue weighted by atomic mass is 35.5. The second-order valence-electron chi connectivity index (χ2n) is 7.07. The van der Waals surface area contributed by atoms with Crippen LogP contribution in [0.2, 0.25) is 5.02 Å². The van der Waals surface area contributed by atoms with E-state index in [2.05, 4.69) is 37.5 Å². The number of carbonyl (C=O) groups is 1. The molecule has 0 aliphatic carbocycles. The van der Waals surface area contributed by atoms with Gasteiger partial charge in [0.05, 0.1) is 10.7 Å². The zero-order valence-corrected chi connectivity index (χ0v) is 18.8. The Hall–Kier alpha value is -4.43. The molecule has 4 rings (SSSR count). The van der Waals surface area contributed by atoms with Crippen molar-refractivity contribution in [1.82, 2.24) is 15.0 Å². The molecule has 0 radical (unpaired) electrons. The summed E-state index contributed by atoms with van der Waals surface area (Å²) in [5, 5.41) is 9.59. The number of nitrogens with one attached hydrogen (secondary N) is 3. The van der Waals surface area contributed by atoms with Gasteiger partial charge >= 0.3 is 0 Å². The summed E-state index contributed by atoms with van der Waals surface area (Å²) in [5.74, 6) is 1.43. The molecular weight excluding hydrogens is 452 g/mol. The molecule has 0 saturated heterocycles. The molecule has 0 saturated carbocycles. The first-order valence-electron chi connectivity index (χ1n) is 10.3. The van der Waals surface area contributed by atoms with Gasteiger partial charge in [-0.3, -0.25) is 9.78 Å². The number of amides is 1. The standard InChI is InChI=1S/C25H21ClN6O2/c1-2-25(33)32-18-8-5-7-17(12-18)30-23-14-24(29-16-28-23)31-19-9-10-22(21(26)13-19)34-15-20-6-3-4-11-27-20/h2-14,16H,1,15H2,(H,32,33)(H2,28,29,30,31). The van der Waals surface area contributed by atoms with Crippen molar-refractivity contribution in [2.45, 2.75) is 6.61 Å². The number of hydrogen-bond acceptors (Lipinski definition) is 7. The van der Waals surface area contributed by atoms with Gasteiger partial charge in [-0.15, -0.1) is 0 Å². The van der Waals surface area contributed by atoms with Crippen LogP contribution in [0.15, 0.2) is 91.9 Å². The normalized spacial score (nSPS) is 10.3. The van der Waals surface area contributed by atoms with Crippen LogP contribution >= 0.6 is 11.6 Å². The monoisotopic (exact) mass is 472 g/mol. The van der Waals surface area contributed by atoms with Crippen molar-refractivity contribution < 1.29 is 9.53 Å². The van der Waals surface area contributed by atoms with Gasteiger partial charge in [0.1, 0.15) is 30.3 Å². The average molecular weight is 473 g/mol. The molecule has 9 heteroatoms. The number of carbonyl (C=O) groups excluding carboxylic acids is 1. The summed E-state index contributed by atoms with van der Waals surface area (Å²) < 4.78 is 5.76. The van der Waals surface area contributed by atoms with Crippen LogP contribution in [0.5, 0.6) is 5.75 Å². The van der Waals surface area contributed by atoms with Crippen LogP contribution in [0.1, 0.15) is 5.69 Å². The average Bonchev–Trinajstić information content (AvgIpc) is 2.84. The minimum Gasteiger partial charge on any atom is -0.486 e. The maximum atomic E-state index is 11.5. The number of aromatic nitrogens is 3. The zero-order valence-electron chi connectivity index (χ0n) is 18.0. The van der Waals surface area contributed by atoms with Gasteiger partial charge in [-0.25, -0.2) is 9.97 Å². The van der Waals surface area contributed by atoms with E-state index in [1.165, 1.54) is 12.4 Å². The van der Waals surface area contributed by atoms with E-state index in [0.29, 0.717) is 34.7 Å². The van der Waals surface area contributed by atoms with Crippen LogP contribution < -0.4 is 20.7 Å². The lowest BCUT2D eigenvalue weighted by molar-refractivity contribution is -0.111. The van der Waals surface area contributed by atoms with Gasteiger partial charge in [0.25, 0.3) is 0 Å². The van der Waals surface area contributed by atoms with Crippen LogP contribution in [0, 0.1) is 0 Å². The Balaban J connectivity index is 1.40. The van der Waals surface area contributed by atoms with E-state index in [0.717, 1.165) is 17.1 Å². The SMILES string of the molecule is C=CC(=O)Nc1cccc(Nc2cc(Nc3ccc(OCc4ccccn4)c(Cl)c3)ncn2)c1. The van der Waals surface area contributed by atoms with Crippen molar-refractivity contribution in [1.29, 1.82) is 0 Å². The van der Waals surface area contributed by atoms with E-state index in [-0.39, 0.29) is 5.91 Å². The number of pyridine rings is 1. The summed E-state index contributed by atoms with van der Waals surface area (Å²) in [4.78, 5) is 24.3. The molecule has 1 amide bonds. The lowest BCUT2D eigenvalue weighted by atomic mass is 10.2. The quantitative estimate of drug-likeness (QED) is 0.268. The van der Waals surface area contributed by atoms with Crippen molar-refractivity contribution in [2.24, 2.45) is 0 Å². The molecule has 2 heterocycles. The first-order chi connectivity index (χ1) is 16.6. The summed E-state index contributed by atoms with van der Waals surface area (Å²) in [7, 11) is 0. The van der Waals surface area contributed by atoms with Crippen LogP contribution in [-0.2, 0) is 11.4 Å². The summed E-state index contributed by atoms with van der Waals surface area (Å²) in [5.41, 5.74) is 2.95. The van der Waals surface area contributed by atoms with Crippen molar-refractivity contribution >= 4 is 46.2 Å². The van der Waals surface area contributed by atoms with Gasteiger partial charge in [0.15, 0.2) is 0 Å². The van der Waals surface area contributed by atoms with E-state index in [1.54, 1.807) is 36.5 Å². The first kappa shape index (κ1) is 22.8. The fraction of sp³-hybridized carbons (Fsp3) is 0.0400. The summed E-state index contributed by atoms with van der Waals surface area (Å²) in [6.07, 6.45) is 4.38. The van der Waals surface area contributed by atoms with E-state index in [1.807, 2.05) is 36.4 Å². The highest BCUT2D eigenvalue weighted by molar-refractivity contribution is 6.32. The summed E-state index contributed by atoms with van der Waals surface area (Å²) >= 11 is 6.40. The number of hydrogen-bond donors (Lipinski definition) is 3. The first-order valence-corrected chi connectivity index (χ1v) is 10.7. The van der Waals surface area contributed by atoms with E-state index in [9.17, 15) is 4.79 Å². The lowest BCUT2D eigenvalue weighted by Gasteiger charge is -2.12. The number of nitrogens with zero attached hydrogens (tertiary/aromatic N) is 3. The van der Waals surface area contributed by atoms with E-state index < -0.39 is 0 Å². The van der Waals surface area contributed by atoms with E-state index in [4.69, 9.17) is 16.3 Å². The third kappa shape index (κ3) is 6.30. The minimum atomic E-state index is -0.280. The maximum Gasteiger partial charge on any atom is 0.247 e. The molecule has 2 aromatic carbocycles. The molecule has 8 nitrogen and oxygen atoms in total.